The fourth-order valence-electron chi connectivity index (χ4n) is 2.80. The molecule has 106 valence electrons. The van der Waals surface area contributed by atoms with Gasteiger partial charge in [-0.15, -0.1) is 0 Å². The molecule has 0 N–H and O–H groups in total. The Bertz CT molecular complexity index is 684. The molecule has 2 heterocycles. The van der Waals surface area contributed by atoms with Crippen LogP contribution in [0.2, 0.25) is 5.02 Å². The van der Waals surface area contributed by atoms with Crippen LogP contribution in [0, 0.1) is 0 Å². The Labute approximate surface area is 128 Å². The molecule has 0 saturated carbocycles. The Morgan fingerprint density at radius 1 is 1.43 bits per heavy atom. The third-order valence-electron chi connectivity index (χ3n) is 3.82. The second-order valence-electron chi connectivity index (χ2n) is 5.10. The average Bonchev–Trinajstić information content (AvgIpc) is 2.53. The minimum absolute atomic E-state index is 0.0606. The van der Waals surface area contributed by atoms with Gasteiger partial charge in [-0.25, -0.2) is 0 Å². The fraction of sp³-hybridized carbons (Fsp3) is 0.176. The van der Waals surface area contributed by atoms with Crippen molar-refractivity contribution < 1.29 is 4.79 Å². The van der Waals surface area contributed by atoms with Crippen LogP contribution in [-0.4, -0.2) is 22.3 Å². The SMILES string of the molecule is C=CC(=O)N1Cc2cc(Cl)ccc2C(c2cccnc2)C1. The van der Waals surface area contributed by atoms with E-state index in [0.29, 0.717) is 18.1 Å². The normalized spacial score (nSPS) is 17.2. The van der Waals surface area contributed by atoms with Crippen LogP contribution in [0.5, 0.6) is 0 Å². The second-order valence-corrected chi connectivity index (χ2v) is 5.54. The predicted octanol–water partition coefficient (Wildman–Crippen LogP) is 3.40. The number of fused-ring (bicyclic) bond motifs is 1. The summed E-state index contributed by atoms with van der Waals surface area (Å²) in [6, 6.07) is 9.83. The number of hydrogen-bond acceptors (Lipinski definition) is 2. The largest absolute Gasteiger partial charge is 0.334 e. The number of nitrogens with zero attached hydrogens (tertiary/aromatic N) is 2. The van der Waals surface area contributed by atoms with Crippen LogP contribution >= 0.6 is 11.6 Å². The van der Waals surface area contributed by atoms with Gasteiger partial charge in [0.1, 0.15) is 0 Å². The Hall–Kier alpha value is -2.13. The van der Waals surface area contributed by atoms with Gasteiger partial charge >= 0.3 is 0 Å². The first kappa shape index (κ1) is 13.8. The molecule has 0 bridgehead atoms. The van der Waals surface area contributed by atoms with Gasteiger partial charge in [0.05, 0.1) is 0 Å². The highest BCUT2D eigenvalue weighted by molar-refractivity contribution is 6.30. The molecule has 2 aromatic rings. The Balaban J connectivity index is 2.07. The van der Waals surface area contributed by atoms with Gasteiger partial charge in [-0.3, -0.25) is 9.78 Å². The quantitative estimate of drug-likeness (QED) is 0.796. The number of carbonyl (C=O) groups is 1. The van der Waals surface area contributed by atoms with Crippen LogP contribution in [0.25, 0.3) is 0 Å². The molecule has 0 radical (unpaired) electrons. The summed E-state index contributed by atoms with van der Waals surface area (Å²) < 4.78 is 0. The van der Waals surface area contributed by atoms with Crippen molar-refractivity contribution in [3.8, 4) is 0 Å². The summed E-state index contributed by atoms with van der Waals surface area (Å²) >= 11 is 6.10. The molecule has 0 aliphatic carbocycles. The molecule has 3 rings (SSSR count). The smallest absolute Gasteiger partial charge is 0.246 e. The lowest BCUT2D eigenvalue weighted by molar-refractivity contribution is -0.127. The third kappa shape index (κ3) is 2.69. The molecule has 0 fully saturated rings. The van der Waals surface area contributed by atoms with Crippen LogP contribution in [0.15, 0.2) is 55.4 Å². The van der Waals surface area contributed by atoms with E-state index in [1.807, 2.05) is 36.5 Å². The number of aromatic nitrogens is 1. The summed E-state index contributed by atoms with van der Waals surface area (Å²) in [7, 11) is 0. The Kier molecular flexibility index (Phi) is 3.76. The molecule has 4 heteroatoms. The van der Waals surface area contributed by atoms with Gasteiger partial charge in [0.25, 0.3) is 0 Å². The molecule has 1 amide bonds. The molecule has 1 aromatic heterocycles. The maximum absolute atomic E-state index is 12.0. The number of carbonyl (C=O) groups excluding carboxylic acids is 1. The van der Waals surface area contributed by atoms with E-state index in [1.165, 1.54) is 11.6 Å². The lowest BCUT2D eigenvalue weighted by Gasteiger charge is -2.34. The van der Waals surface area contributed by atoms with Gasteiger partial charge in [-0.05, 0) is 41.0 Å². The molecule has 1 aromatic carbocycles. The zero-order valence-corrected chi connectivity index (χ0v) is 12.3. The van der Waals surface area contributed by atoms with Crippen LogP contribution in [-0.2, 0) is 11.3 Å². The summed E-state index contributed by atoms with van der Waals surface area (Å²) in [6.45, 7) is 4.77. The van der Waals surface area contributed by atoms with Crippen molar-refractivity contribution in [2.75, 3.05) is 6.54 Å². The minimum atomic E-state index is -0.0606. The standard InChI is InChI=1S/C17H15ClN2O/c1-2-17(21)20-10-13-8-14(18)5-6-15(13)16(11-20)12-4-3-7-19-9-12/h2-9,16H,1,10-11H2. The van der Waals surface area contributed by atoms with Crippen molar-refractivity contribution in [3.05, 3.63) is 77.1 Å². The van der Waals surface area contributed by atoms with Crippen molar-refractivity contribution in [2.24, 2.45) is 0 Å². The molecule has 1 atom stereocenters. The minimum Gasteiger partial charge on any atom is -0.334 e. The van der Waals surface area contributed by atoms with Crippen molar-refractivity contribution in [1.82, 2.24) is 9.88 Å². The van der Waals surface area contributed by atoms with Gasteiger partial charge in [0.2, 0.25) is 5.91 Å². The number of amides is 1. The lowest BCUT2D eigenvalue weighted by Crippen LogP contribution is -2.37. The molecule has 0 spiro atoms. The van der Waals surface area contributed by atoms with E-state index in [1.54, 1.807) is 11.1 Å². The first-order chi connectivity index (χ1) is 10.2. The molecular formula is C17H15ClN2O. The highest BCUT2D eigenvalue weighted by Crippen LogP contribution is 2.34. The van der Waals surface area contributed by atoms with Gasteiger partial charge in [-0.2, -0.15) is 0 Å². The van der Waals surface area contributed by atoms with Gasteiger partial charge in [0, 0.05) is 36.4 Å². The number of hydrogen-bond donors (Lipinski definition) is 0. The Morgan fingerprint density at radius 3 is 3.00 bits per heavy atom. The van der Waals surface area contributed by atoms with E-state index in [4.69, 9.17) is 11.6 Å². The average molecular weight is 299 g/mol. The van der Waals surface area contributed by atoms with Crippen LogP contribution in [0.4, 0.5) is 0 Å². The van der Waals surface area contributed by atoms with E-state index < -0.39 is 0 Å². The summed E-state index contributed by atoms with van der Waals surface area (Å²) in [4.78, 5) is 18.0. The van der Waals surface area contributed by atoms with Gasteiger partial charge in [0.15, 0.2) is 0 Å². The highest BCUT2D eigenvalue weighted by atomic mass is 35.5. The van der Waals surface area contributed by atoms with Crippen molar-refractivity contribution in [3.63, 3.8) is 0 Å². The molecule has 1 unspecified atom stereocenters. The molecule has 21 heavy (non-hydrogen) atoms. The van der Waals surface area contributed by atoms with E-state index in [2.05, 4.69) is 11.6 Å². The predicted molar refractivity (Wildman–Crippen MR) is 83.1 cm³/mol. The molecule has 1 aliphatic heterocycles. The Morgan fingerprint density at radius 2 is 2.29 bits per heavy atom. The molecule has 3 nitrogen and oxygen atoms in total. The van der Waals surface area contributed by atoms with Gasteiger partial charge < -0.3 is 4.90 Å². The van der Waals surface area contributed by atoms with Crippen molar-refractivity contribution in [1.29, 1.82) is 0 Å². The van der Waals surface area contributed by atoms with Crippen molar-refractivity contribution >= 4 is 17.5 Å². The molecule has 0 saturated heterocycles. The van der Waals surface area contributed by atoms with Crippen LogP contribution in [0.1, 0.15) is 22.6 Å². The highest BCUT2D eigenvalue weighted by Gasteiger charge is 2.28. The summed E-state index contributed by atoms with van der Waals surface area (Å²) in [5.74, 6) is 0.0538. The first-order valence-electron chi connectivity index (χ1n) is 6.78. The molecule has 1 aliphatic rings. The summed E-state index contributed by atoms with van der Waals surface area (Å²) in [5.41, 5.74) is 3.39. The maximum Gasteiger partial charge on any atom is 0.246 e. The third-order valence-corrected chi connectivity index (χ3v) is 4.05. The maximum atomic E-state index is 12.0. The number of benzene rings is 1. The summed E-state index contributed by atoms with van der Waals surface area (Å²) in [5, 5.41) is 0.687. The first-order valence-corrected chi connectivity index (χ1v) is 7.16. The zero-order chi connectivity index (χ0) is 14.8. The fourth-order valence-corrected chi connectivity index (χ4v) is 3.00. The van der Waals surface area contributed by atoms with E-state index in [-0.39, 0.29) is 11.8 Å². The lowest BCUT2D eigenvalue weighted by atomic mass is 9.85. The van der Waals surface area contributed by atoms with Gasteiger partial charge in [-0.1, -0.05) is 30.3 Å². The van der Waals surface area contributed by atoms with Crippen molar-refractivity contribution in [2.45, 2.75) is 12.5 Å². The number of halogens is 1. The summed E-state index contributed by atoms with van der Waals surface area (Å²) in [6.07, 6.45) is 4.96. The second kappa shape index (κ2) is 5.70. The van der Waals surface area contributed by atoms with Crippen LogP contribution < -0.4 is 0 Å². The van der Waals surface area contributed by atoms with E-state index in [9.17, 15) is 4.79 Å². The monoisotopic (exact) mass is 298 g/mol. The number of rotatable bonds is 2. The van der Waals surface area contributed by atoms with E-state index >= 15 is 0 Å². The molecular weight excluding hydrogens is 284 g/mol. The van der Waals surface area contributed by atoms with Crippen LogP contribution in [0.3, 0.4) is 0 Å². The number of pyridine rings is 1. The zero-order valence-electron chi connectivity index (χ0n) is 11.5. The van der Waals surface area contributed by atoms with E-state index in [0.717, 1.165) is 11.1 Å². The topological polar surface area (TPSA) is 33.2 Å².